The van der Waals surface area contributed by atoms with E-state index >= 15 is 0 Å². The van der Waals surface area contributed by atoms with Crippen molar-refractivity contribution in [3.8, 4) is 17.5 Å². The molecule has 0 aliphatic carbocycles. The zero-order valence-corrected chi connectivity index (χ0v) is 8.51. The first kappa shape index (κ1) is 10.4. The number of aromatic nitrogens is 2. The summed E-state index contributed by atoms with van der Waals surface area (Å²) in [5, 5.41) is 9.34. The quantitative estimate of drug-likeness (QED) is 0.844. The molecule has 1 aromatic heterocycles. The first-order chi connectivity index (χ1) is 7.63. The van der Waals surface area contributed by atoms with E-state index in [0.717, 1.165) is 18.0 Å². The van der Waals surface area contributed by atoms with Gasteiger partial charge in [0.25, 0.3) is 0 Å². The second-order valence-electron chi connectivity index (χ2n) is 3.29. The van der Waals surface area contributed by atoms with Crippen LogP contribution in [0.4, 0.5) is 4.39 Å². The third kappa shape index (κ3) is 2.44. The van der Waals surface area contributed by atoms with Crippen molar-refractivity contribution >= 4 is 0 Å². The van der Waals surface area contributed by atoms with E-state index in [0.29, 0.717) is 5.75 Å². The van der Waals surface area contributed by atoms with Crippen molar-refractivity contribution in [1.29, 1.82) is 0 Å². The van der Waals surface area contributed by atoms with Crippen molar-refractivity contribution in [2.45, 2.75) is 6.92 Å². The van der Waals surface area contributed by atoms with E-state index < -0.39 is 5.82 Å². The average Bonchev–Trinajstić information content (AvgIpc) is 2.20. The molecule has 1 heterocycles. The number of rotatable bonds is 2. The average molecular weight is 220 g/mol. The Balaban J connectivity index is 2.23. The van der Waals surface area contributed by atoms with E-state index in [2.05, 4.69) is 9.97 Å². The smallest absolute Gasteiger partial charge is 0.322 e. The lowest BCUT2D eigenvalue weighted by Crippen LogP contribution is -1.92. The standard InChI is InChI=1S/C11H9FN2O2/c1-7-2-9(15)4-10(3-7)16-11-13-5-8(12)6-14-11/h2-6,15H,1H3. The molecule has 0 unspecified atom stereocenters. The fourth-order valence-corrected chi connectivity index (χ4v) is 1.25. The van der Waals surface area contributed by atoms with Crippen LogP contribution in [0, 0.1) is 12.7 Å². The predicted octanol–water partition coefficient (Wildman–Crippen LogP) is 2.42. The van der Waals surface area contributed by atoms with Crippen molar-refractivity contribution in [3.05, 3.63) is 42.0 Å². The maximum atomic E-state index is 12.5. The van der Waals surface area contributed by atoms with Crippen LogP contribution >= 0.6 is 0 Å². The monoisotopic (exact) mass is 220 g/mol. The fraction of sp³-hybridized carbons (Fsp3) is 0.0909. The molecule has 0 bridgehead atoms. The molecule has 0 aliphatic heterocycles. The highest BCUT2D eigenvalue weighted by molar-refractivity contribution is 5.37. The second kappa shape index (κ2) is 4.14. The summed E-state index contributed by atoms with van der Waals surface area (Å²) in [6, 6.07) is 4.77. The van der Waals surface area contributed by atoms with E-state index in [-0.39, 0.29) is 11.8 Å². The molecule has 0 spiro atoms. The molecule has 0 fully saturated rings. The van der Waals surface area contributed by atoms with Crippen molar-refractivity contribution in [1.82, 2.24) is 9.97 Å². The third-order valence-electron chi connectivity index (χ3n) is 1.84. The normalized spacial score (nSPS) is 10.1. The van der Waals surface area contributed by atoms with Gasteiger partial charge in [-0.15, -0.1) is 0 Å². The Labute approximate surface area is 91.4 Å². The molecule has 2 rings (SSSR count). The van der Waals surface area contributed by atoms with E-state index in [4.69, 9.17) is 4.74 Å². The van der Waals surface area contributed by atoms with Crippen LogP contribution in [0.25, 0.3) is 0 Å². The summed E-state index contributed by atoms with van der Waals surface area (Å²) in [6.07, 6.45) is 2.02. The van der Waals surface area contributed by atoms with Crippen LogP contribution < -0.4 is 4.74 Å². The Morgan fingerprint density at radius 1 is 1.19 bits per heavy atom. The van der Waals surface area contributed by atoms with Gasteiger partial charge in [0.2, 0.25) is 0 Å². The zero-order valence-electron chi connectivity index (χ0n) is 8.51. The van der Waals surface area contributed by atoms with Gasteiger partial charge in [-0.1, -0.05) is 0 Å². The second-order valence-corrected chi connectivity index (χ2v) is 3.29. The molecule has 0 saturated heterocycles. The number of phenols is 1. The summed E-state index contributed by atoms with van der Waals surface area (Å²) in [7, 11) is 0. The number of benzene rings is 1. The van der Waals surface area contributed by atoms with Crippen LogP contribution in [0.2, 0.25) is 0 Å². The lowest BCUT2D eigenvalue weighted by Gasteiger charge is -2.04. The van der Waals surface area contributed by atoms with Crippen molar-refractivity contribution < 1.29 is 14.2 Å². The number of nitrogens with zero attached hydrogens (tertiary/aromatic N) is 2. The summed E-state index contributed by atoms with van der Waals surface area (Å²) in [5.74, 6) is -0.0272. The highest BCUT2D eigenvalue weighted by atomic mass is 19.1. The SMILES string of the molecule is Cc1cc(O)cc(Oc2ncc(F)cn2)c1. The first-order valence-corrected chi connectivity index (χ1v) is 4.59. The van der Waals surface area contributed by atoms with Crippen LogP contribution in [-0.2, 0) is 0 Å². The van der Waals surface area contributed by atoms with Crippen LogP contribution in [0.5, 0.6) is 17.5 Å². The molecule has 5 heteroatoms. The molecule has 0 radical (unpaired) electrons. The van der Waals surface area contributed by atoms with Crippen LogP contribution in [0.1, 0.15) is 5.56 Å². The van der Waals surface area contributed by atoms with Gasteiger partial charge in [-0.3, -0.25) is 0 Å². The predicted molar refractivity (Wildman–Crippen MR) is 54.9 cm³/mol. The summed E-state index contributed by atoms with van der Waals surface area (Å²) < 4.78 is 17.8. The molecule has 16 heavy (non-hydrogen) atoms. The first-order valence-electron chi connectivity index (χ1n) is 4.59. The minimum atomic E-state index is -0.528. The van der Waals surface area contributed by atoms with Gasteiger partial charge in [-0.2, -0.15) is 0 Å². The molecule has 1 aromatic carbocycles. The summed E-state index contributed by atoms with van der Waals surface area (Å²) in [5.41, 5.74) is 0.845. The lowest BCUT2D eigenvalue weighted by molar-refractivity contribution is 0.426. The van der Waals surface area contributed by atoms with Gasteiger partial charge >= 0.3 is 6.01 Å². The van der Waals surface area contributed by atoms with Gasteiger partial charge in [0, 0.05) is 6.07 Å². The van der Waals surface area contributed by atoms with Crippen molar-refractivity contribution in [2.24, 2.45) is 0 Å². The molecular weight excluding hydrogens is 211 g/mol. The highest BCUT2D eigenvalue weighted by Crippen LogP contribution is 2.24. The van der Waals surface area contributed by atoms with Gasteiger partial charge in [-0.25, -0.2) is 14.4 Å². The molecule has 1 N–H and O–H groups in total. The molecule has 4 nitrogen and oxygen atoms in total. The van der Waals surface area contributed by atoms with Gasteiger partial charge in [0.1, 0.15) is 11.5 Å². The molecular formula is C11H9FN2O2. The molecule has 0 amide bonds. The third-order valence-corrected chi connectivity index (χ3v) is 1.84. The fourth-order valence-electron chi connectivity index (χ4n) is 1.25. The molecule has 0 saturated carbocycles. The van der Waals surface area contributed by atoms with E-state index in [9.17, 15) is 9.50 Å². The van der Waals surface area contributed by atoms with Gasteiger partial charge in [-0.05, 0) is 24.6 Å². The molecule has 0 aliphatic rings. The lowest BCUT2D eigenvalue weighted by atomic mass is 10.2. The Kier molecular flexibility index (Phi) is 2.68. The maximum Gasteiger partial charge on any atom is 0.322 e. The minimum Gasteiger partial charge on any atom is -0.508 e. The minimum absolute atomic E-state index is 0.0337. The molecule has 2 aromatic rings. The van der Waals surface area contributed by atoms with Gasteiger partial charge in [0.15, 0.2) is 5.82 Å². The highest BCUT2D eigenvalue weighted by Gasteiger charge is 2.02. The zero-order chi connectivity index (χ0) is 11.5. The van der Waals surface area contributed by atoms with Crippen LogP contribution in [0.15, 0.2) is 30.6 Å². The maximum absolute atomic E-state index is 12.5. The number of phenolic OH excluding ortho intramolecular Hbond substituents is 1. The summed E-state index contributed by atoms with van der Waals surface area (Å²) >= 11 is 0. The number of hydrogen-bond donors (Lipinski definition) is 1. The Morgan fingerprint density at radius 2 is 1.88 bits per heavy atom. The van der Waals surface area contributed by atoms with E-state index in [1.807, 2.05) is 6.92 Å². The number of ether oxygens (including phenoxy) is 1. The number of aromatic hydroxyl groups is 1. The van der Waals surface area contributed by atoms with Gasteiger partial charge < -0.3 is 9.84 Å². The van der Waals surface area contributed by atoms with Gasteiger partial charge in [0.05, 0.1) is 12.4 Å². The molecule has 0 atom stereocenters. The summed E-state index contributed by atoms with van der Waals surface area (Å²) in [6.45, 7) is 1.82. The largest absolute Gasteiger partial charge is 0.508 e. The van der Waals surface area contributed by atoms with Crippen LogP contribution in [0.3, 0.4) is 0 Å². The Hall–Kier alpha value is -2.17. The van der Waals surface area contributed by atoms with Crippen LogP contribution in [-0.4, -0.2) is 15.1 Å². The van der Waals surface area contributed by atoms with Crippen molar-refractivity contribution in [2.75, 3.05) is 0 Å². The Bertz CT molecular complexity index is 480. The number of hydrogen-bond acceptors (Lipinski definition) is 4. The van der Waals surface area contributed by atoms with Crippen molar-refractivity contribution in [3.63, 3.8) is 0 Å². The summed E-state index contributed by atoms with van der Waals surface area (Å²) in [4.78, 5) is 7.29. The topological polar surface area (TPSA) is 55.2 Å². The van der Waals surface area contributed by atoms with E-state index in [1.165, 1.54) is 6.07 Å². The molecule has 82 valence electrons. The Morgan fingerprint density at radius 3 is 2.50 bits per heavy atom. The number of aryl methyl sites for hydroxylation is 1. The van der Waals surface area contributed by atoms with E-state index in [1.54, 1.807) is 12.1 Å². The number of halogens is 1.